The Morgan fingerprint density at radius 1 is 1.33 bits per heavy atom. The number of H-pyrrole nitrogens is 1. The standard InChI is InChI=1S/C17H19FN4O2/c1-9(23)22-4-2-10(3-5-22)13-8-15-16-12(17(24)21-20-15)6-11(18)7-14(16)19-13/h6-7,10,13,19H,2-5,8H2,1H3,(H,21,24). The van der Waals surface area contributed by atoms with Crippen molar-refractivity contribution in [1.29, 1.82) is 0 Å². The average Bonchev–Trinajstić information content (AvgIpc) is 2.57. The van der Waals surface area contributed by atoms with E-state index in [1.54, 1.807) is 6.92 Å². The SMILES string of the molecule is CC(=O)N1CCC(C2Cc3n[nH]c(=O)c4cc(F)cc(c34)N2)CC1. The van der Waals surface area contributed by atoms with Crippen LogP contribution in [-0.2, 0) is 11.2 Å². The summed E-state index contributed by atoms with van der Waals surface area (Å²) in [5.41, 5.74) is 1.07. The molecule has 6 nitrogen and oxygen atoms in total. The highest BCUT2D eigenvalue weighted by atomic mass is 19.1. The van der Waals surface area contributed by atoms with Crippen molar-refractivity contribution in [3.63, 3.8) is 0 Å². The van der Waals surface area contributed by atoms with Crippen LogP contribution in [0.25, 0.3) is 10.8 Å². The van der Waals surface area contributed by atoms with Gasteiger partial charge < -0.3 is 10.2 Å². The minimum absolute atomic E-state index is 0.112. The van der Waals surface area contributed by atoms with Crippen LogP contribution in [0.5, 0.6) is 0 Å². The normalized spacial score (nSPS) is 20.9. The molecule has 2 N–H and O–H groups in total. The molecule has 0 spiro atoms. The van der Waals surface area contributed by atoms with Gasteiger partial charge >= 0.3 is 0 Å². The second kappa shape index (κ2) is 5.58. The highest BCUT2D eigenvalue weighted by Crippen LogP contribution is 2.34. The zero-order chi connectivity index (χ0) is 16.8. The fourth-order valence-corrected chi connectivity index (χ4v) is 3.95. The molecule has 2 aliphatic rings. The van der Waals surface area contributed by atoms with E-state index < -0.39 is 5.82 Å². The fraction of sp³-hybridized carbons (Fsp3) is 0.471. The van der Waals surface area contributed by atoms with Gasteiger partial charge in [-0.05, 0) is 30.9 Å². The molecule has 1 saturated heterocycles. The number of aromatic nitrogens is 2. The monoisotopic (exact) mass is 330 g/mol. The molecule has 1 aromatic carbocycles. The van der Waals surface area contributed by atoms with Gasteiger partial charge in [-0.1, -0.05) is 0 Å². The molecule has 2 aliphatic heterocycles. The Hall–Kier alpha value is -2.44. The minimum atomic E-state index is -0.431. The van der Waals surface area contributed by atoms with E-state index in [2.05, 4.69) is 15.5 Å². The Labute approximate surface area is 138 Å². The first kappa shape index (κ1) is 15.1. The molecule has 1 atom stereocenters. The Morgan fingerprint density at radius 2 is 2.08 bits per heavy atom. The first-order chi connectivity index (χ1) is 11.5. The second-order valence-corrected chi connectivity index (χ2v) is 6.67. The summed E-state index contributed by atoms with van der Waals surface area (Å²) in [6.07, 6.45) is 2.51. The van der Waals surface area contributed by atoms with E-state index >= 15 is 0 Å². The largest absolute Gasteiger partial charge is 0.381 e. The predicted molar refractivity (Wildman–Crippen MR) is 88.4 cm³/mol. The summed E-state index contributed by atoms with van der Waals surface area (Å²) in [6.45, 7) is 3.10. The van der Waals surface area contributed by atoms with E-state index in [1.807, 2.05) is 4.90 Å². The quantitative estimate of drug-likeness (QED) is 0.833. The van der Waals surface area contributed by atoms with Crippen LogP contribution < -0.4 is 10.9 Å². The van der Waals surface area contributed by atoms with Crippen LogP contribution in [0.2, 0.25) is 0 Å². The maximum atomic E-state index is 13.9. The lowest BCUT2D eigenvalue weighted by molar-refractivity contribution is -0.130. The van der Waals surface area contributed by atoms with Gasteiger partial charge in [-0.15, -0.1) is 0 Å². The van der Waals surface area contributed by atoms with Gasteiger partial charge in [-0.25, -0.2) is 9.49 Å². The number of hydrogen-bond acceptors (Lipinski definition) is 4. The molecule has 1 amide bonds. The molecule has 4 rings (SSSR count). The molecule has 0 bridgehead atoms. The summed E-state index contributed by atoms with van der Waals surface area (Å²) < 4.78 is 13.9. The van der Waals surface area contributed by atoms with E-state index in [9.17, 15) is 14.0 Å². The van der Waals surface area contributed by atoms with Crippen LogP contribution in [0.15, 0.2) is 16.9 Å². The third-order valence-electron chi connectivity index (χ3n) is 5.24. The molecule has 0 aliphatic carbocycles. The number of benzene rings is 1. The van der Waals surface area contributed by atoms with Crippen LogP contribution in [0, 0.1) is 11.7 Å². The average molecular weight is 330 g/mol. The molecule has 1 aromatic heterocycles. The van der Waals surface area contributed by atoms with E-state index in [0.717, 1.165) is 37.0 Å². The molecule has 3 heterocycles. The minimum Gasteiger partial charge on any atom is -0.381 e. The molecule has 126 valence electrons. The Bertz CT molecular complexity index is 871. The first-order valence-corrected chi connectivity index (χ1v) is 8.26. The fourth-order valence-electron chi connectivity index (χ4n) is 3.95. The van der Waals surface area contributed by atoms with Crippen LogP contribution in [0.1, 0.15) is 25.5 Å². The van der Waals surface area contributed by atoms with Crippen molar-refractivity contribution < 1.29 is 9.18 Å². The Morgan fingerprint density at radius 3 is 2.79 bits per heavy atom. The van der Waals surface area contributed by atoms with E-state index in [0.29, 0.717) is 23.4 Å². The van der Waals surface area contributed by atoms with E-state index in [1.165, 1.54) is 12.1 Å². The van der Waals surface area contributed by atoms with Gasteiger partial charge in [0, 0.05) is 43.5 Å². The summed E-state index contributed by atoms with van der Waals surface area (Å²) >= 11 is 0. The van der Waals surface area contributed by atoms with Gasteiger partial charge in [0.1, 0.15) is 5.82 Å². The van der Waals surface area contributed by atoms with Crippen LogP contribution in [0.4, 0.5) is 10.1 Å². The summed E-state index contributed by atoms with van der Waals surface area (Å²) in [6, 6.07) is 2.83. The summed E-state index contributed by atoms with van der Waals surface area (Å²) in [5.74, 6) is 0.0713. The summed E-state index contributed by atoms with van der Waals surface area (Å²) in [7, 11) is 0. The van der Waals surface area contributed by atoms with Crippen molar-refractivity contribution in [2.75, 3.05) is 18.4 Å². The number of aromatic amines is 1. The number of piperidine rings is 1. The number of amides is 1. The van der Waals surface area contributed by atoms with E-state index in [4.69, 9.17) is 0 Å². The highest BCUT2D eigenvalue weighted by Gasteiger charge is 2.32. The first-order valence-electron chi connectivity index (χ1n) is 8.26. The number of hydrogen-bond donors (Lipinski definition) is 2. The molecule has 0 saturated carbocycles. The second-order valence-electron chi connectivity index (χ2n) is 6.67. The van der Waals surface area contributed by atoms with Crippen molar-refractivity contribution in [3.05, 3.63) is 34.0 Å². The van der Waals surface area contributed by atoms with Crippen molar-refractivity contribution in [3.8, 4) is 0 Å². The number of anilines is 1. The van der Waals surface area contributed by atoms with Crippen molar-refractivity contribution in [2.45, 2.75) is 32.2 Å². The molecule has 24 heavy (non-hydrogen) atoms. The lowest BCUT2D eigenvalue weighted by Gasteiger charge is -2.38. The van der Waals surface area contributed by atoms with Gasteiger partial charge in [0.25, 0.3) is 5.56 Å². The van der Waals surface area contributed by atoms with Crippen LogP contribution in [0.3, 0.4) is 0 Å². The number of likely N-dealkylation sites (tertiary alicyclic amines) is 1. The van der Waals surface area contributed by atoms with Gasteiger partial charge in [0.05, 0.1) is 11.1 Å². The number of carbonyl (C=O) groups is 1. The Balaban J connectivity index is 1.64. The molecule has 1 fully saturated rings. The van der Waals surface area contributed by atoms with Gasteiger partial charge in [-0.2, -0.15) is 5.10 Å². The zero-order valence-electron chi connectivity index (χ0n) is 13.4. The molecule has 1 unspecified atom stereocenters. The maximum Gasteiger partial charge on any atom is 0.272 e. The van der Waals surface area contributed by atoms with Gasteiger partial charge in [0.2, 0.25) is 5.91 Å². The molecular formula is C17H19FN4O2. The third-order valence-corrected chi connectivity index (χ3v) is 5.24. The molecular weight excluding hydrogens is 311 g/mol. The smallest absolute Gasteiger partial charge is 0.272 e. The van der Waals surface area contributed by atoms with Crippen molar-refractivity contribution in [1.82, 2.24) is 15.1 Å². The number of halogens is 1. The summed E-state index contributed by atoms with van der Waals surface area (Å²) in [4.78, 5) is 25.2. The third kappa shape index (κ3) is 2.44. The number of nitrogens with one attached hydrogen (secondary N) is 2. The van der Waals surface area contributed by atoms with Crippen LogP contribution >= 0.6 is 0 Å². The van der Waals surface area contributed by atoms with Crippen LogP contribution in [-0.4, -0.2) is 40.1 Å². The maximum absolute atomic E-state index is 13.9. The molecule has 2 aromatic rings. The lowest BCUT2D eigenvalue weighted by Crippen LogP contribution is -2.44. The topological polar surface area (TPSA) is 78.1 Å². The number of nitrogens with zero attached hydrogens (tertiary/aromatic N) is 2. The van der Waals surface area contributed by atoms with Gasteiger partial charge in [-0.3, -0.25) is 9.59 Å². The highest BCUT2D eigenvalue weighted by molar-refractivity contribution is 5.96. The zero-order valence-corrected chi connectivity index (χ0v) is 13.4. The van der Waals surface area contributed by atoms with Gasteiger partial charge in [0.15, 0.2) is 0 Å². The van der Waals surface area contributed by atoms with Crippen molar-refractivity contribution in [2.24, 2.45) is 5.92 Å². The van der Waals surface area contributed by atoms with E-state index in [-0.39, 0.29) is 17.5 Å². The molecule has 0 radical (unpaired) electrons. The lowest BCUT2D eigenvalue weighted by atomic mass is 9.84. The summed E-state index contributed by atoms with van der Waals surface area (Å²) in [5, 5.41) is 11.1. The van der Waals surface area contributed by atoms with Crippen molar-refractivity contribution >= 4 is 22.4 Å². The molecule has 7 heteroatoms. The number of rotatable bonds is 1. The Kier molecular flexibility index (Phi) is 3.51. The predicted octanol–water partition coefficient (Wildman–Crippen LogP) is 1.66. The number of carbonyl (C=O) groups excluding carboxylic acids is 1.